The normalized spacial score (nSPS) is 45.9. The lowest BCUT2D eigenvalue weighted by atomic mass is 10.0. The smallest absolute Gasteiger partial charge is 0.0601 e. The number of hydrogen-bond donors (Lipinski definition) is 1. The van der Waals surface area contributed by atoms with Gasteiger partial charge in [-0.3, -0.25) is 0 Å². The molecule has 0 aromatic carbocycles. The topological polar surface area (TPSA) is 21.3 Å². The van der Waals surface area contributed by atoms with Crippen molar-refractivity contribution in [3.05, 3.63) is 0 Å². The maximum absolute atomic E-state index is 5.33. The number of piperidine rings is 1. The Morgan fingerprint density at radius 1 is 1.20 bits per heavy atom. The summed E-state index contributed by atoms with van der Waals surface area (Å²) in [6, 6.07) is 1.53. The lowest BCUT2D eigenvalue weighted by Gasteiger charge is -2.27. The zero-order valence-corrected chi connectivity index (χ0v) is 6.47. The SMILES string of the molecule is COC1CC2CC[C@@H](C1)N2. The summed E-state index contributed by atoms with van der Waals surface area (Å²) in [5.74, 6) is 0. The van der Waals surface area contributed by atoms with E-state index in [-0.39, 0.29) is 0 Å². The summed E-state index contributed by atoms with van der Waals surface area (Å²) >= 11 is 0. The molecule has 2 unspecified atom stereocenters. The van der Waals surface area contributed by atoms with Gasteiger partial charge in [0.2, 0.25) is 0 Å². The lowest BCUT2D eigenvalue weighted by Crippen LogP contribution is -2.40. The molecule has 10 heavy (non-hydrogen) atoms. The van der Waals surface area contributed by atoms with Crippen LogP contribution >= 0.6 is 0 Å². The molecule has 0 saturated carbocycles. The van der Waals surface area contributed by atoms with E-state index in [1.54, 1.807) is 0 Å². The fourth-order valence-corrected chi connectivity index (χ4v) is 2.20. The molecule has 2 heterocycles. The predicted molar refractivity (Wildman–Crippen MR) is 40.0 cm³/mol. The molecule has 0 spiro atoms. The van der Waals surface area contributed by atoms with E-state index in [2.05, 4.69) is 5.32 Å². The number of rotatable bonds is 1. The standard InChI is InChI=1S/C8H15NO/c1-10-8-4-6-2-3-7(5-8)9-6/h6-9H,2-5H2,1H3/t6-,7?,8?/m0/s1. The highest BCUT2D eigenvalue weighted by atomic mass is 16.5. The van der Waals surface area contributed by atoms with Gasteiger partial charge >= 0.3 is 0 Å². The van der Waals surface area contributed by atoms with E-state index >= 15 is 0 Å². The van der Waals surface area contributed by atoms with Crippen molar-refractivity contribution in [1.82, 2.24) is 5.32 Å². The molecule has 0 aromatic rings. The number of hydrogen-bond acceptors (Lipinski definition) is 2. The van der Waals surface area contributed by atoms with Gasteiger partial charge in [-0.1, -0.05) is 0 Å². The molecule has 2 fully saturated rings. The van der Waals surface area contributed by atoms with Crippen LogP contribution < -0.4 is 5.32 Å². The van der Waals surface area contributed by atoms with Crippen LogP contribution in [-0.4, -0.2) is 25.3 Å². The third-order valence-corrected chi connectivity index (χ3v) is 2.76. The van der Waals surface area contributed by atoms with Crippen LogP contribution in [0.1, 0.15) is 25.7 Å². The first-order valence-electron chi connectivity index (χ1n) is 4.17. The molecule has 2 aliphatic rings. The van der Waals surface area contributed by atoms with Crippen LogP contribution in [-0.2, 0) is 4.74 Å². The minimum Gasteiger partial charge on any atom is -0.381 e. The third-order valence-electron chi connectivity index (χ3n) is 2.76. The van der Waals surface area contributed by atoms with Crippen molar-refractivity contribution in [2.24, 2.45) is 0 Å². The Kier molecular flexibility index (Phi) is 1.66. The predicted octanol–water partition coefficient (Wildman–Crippen LogP) is 0.916. The molecule has 3 atom stereocenters. The van der Waals surface area contributed by atoms with Gasteiger partial charge in [0.05, 0.1) is 6.10 Å². The Morgan fingerprint density at radius 3 is 2.30 bits per heavy atom. The number of nitrogens with one attached hydrogen (secondary N) is 1. The second-order valence-electron chi connectivity index (χ2n) is 3.47. The number of fused-ring (bicyclic) bond motifs is 2. The van der Waals surface area contributed by atoms with Crippen LogP contribution in [0.4, 0.5) is 0 Å². The molecule has 2 aliphatic heterocycles. The quantitative estimate of drug-likeness (QED) is 0.586. The van der Waals surface area contributed by atoms with E-state index in [9.17, 15) is 0 Å². The minimum atomic E-state index is 0.541. The average molecular weight is 141 g/mol. The molecule has 58 valence electrons. The van der Waals surface area contributed by atoms with E-state index < -0.39 is 0 Å². The highest BCUT2D eigenvalue weighted by Gasteiger charge is 2.33. The monoisotopic (exact) mass is 141 g/mol. The van der Waals surface area contributed by atoms with Crippen LogP contribution in [0.25, 0.3) is 0 Å². The largest absolute Gasteiger partial charge is 0.381 e. The van der Waals surface area contributed by atoms with Crippen LogP contribution in [0.5, 0.6) is 0 Å². The molecule has 0 aromatic heterocycles. The van der Waals surface area contributed by atoms with Gasteiger partial charge in [0, 0.05) is 19.2 Å². The van der Waals surface area contributed by atoms with Gasteiger partial charge in [-0.2, -0.15) is 0 Å². The Labute approximate surface area is 61.9 Å². The molecule has 0 amide bonds. The van der Waals surface area contributed by atoms with Crippen LogP contribution in [0.15, 0.2) is 0 Å². The third kappa shape index (κ3) is 1.06. The van der Waals surface area contributed by atoms with Crippen molar-refractivity contribution >= 4 is 0 Å². The Hall–Kier alpha value is -0.0800. The molecule has 2 nitrogen and oxygen atoms in total. The maximum atomic E-state index is 5.33. The molecule has 2 saturated heterocycles. The molecule has 2 heteroatoms. The zero-order valence-electron chi connectivity index (χ0n) is 6.47. The van der Waals surface area contributed by atoms with Crippen LogP contribution in [0, 0.1) is 0 Å². The van der Waals surface area contributed by atoms with E-state index in [0.717, 1.165) is 12.1 Å². The molecule has 2 rings (SSSR count). The molecular weight excluding hydrogens is 126 g/mol. The summed E-state index contributed by atoms with van der Waals surface area (Å²) < 4.78 is 5.33. The average Bonchev–Trinajstić information content (AvgIpc) is 2.30. The molecule has 1 N–H and O–H groups in total. The summed E-state index contributed by atoms with van der Waals surface area (Å²) in [7, 11) is 1.83. The van der Waals surface area contributed by atoms with Crippen molar-refractivity contribution in [3.8, 4) is 0 Å². The Morgan fingerprint density at radius 2 is 1.80 bits per heavy atom. The van der Waals surface area contributed by atoms with E-state index in [1.165, 1.54) is 25.7 Å². The van der Waals surface area contributed by atoms with Crippen molar-refractivity contribution in [2.45, 2.75) is 43.9 Å². The van der Waals surface area contributed by atoms with E-state index in [4.69, 9.17) is 4.74 Å². The Balaban J connectivity index is 1.96. The highest BCUT2D eigenvalue weighted by molar-refractivity contribution is 4.92. The van der Waals surface area contributed by atoms with E-state index in [1.807, 2.05) is 7.11 Å². The van der Waals surface area contributed by atoms with Gasteiger partial charge in [0.1, 0.15) is 0 Å². The maximum Gasteiger partial charge on any atom is 0.0601 e. The van der Waals surface area contributed by atoms with Gasteiger partial charge in [-0.25, -0.2) is 0 Å². The fraction of sp³-hybridized carbons (Fsp3) is 1.00. The van der Waals surface area contributed by atoms with Crippen LogP contribution in [0.2, 0.25) is 0 Å². The first-order valence-corrected chi connectivity index (χ1v) is 4.17. The van der Waals surface area contributed by atoms with Gasteiger partial charge in [-0.05, 0) is 25.7 Å². The molecule has 0 radical (unpaired) electrons. The van der Waals surface area contributed by atoms with Crippen molar-refractivity contribution in [2.75, 3.05) is 7.11 Å². The highest BCUT2D eigenvalue weighted by Crippen LogP contribution is 2.27. The number of ether oxygens (including phenoxy) is 1. The Bertz CT molecular complexity index is 114. The summed E-state index contributed by atoms with van der Waals surface area (Å²) in [5, 5.41) is 3.57. The fourth-order valence-electron chi connectivity index (χ4n) is 2.20. The summed E-state index contributed by atoms with van der Waals surface area (Å²) in [4.78, 5) is 0. The van der Waals surface area contributed by atoms with Gasteiger partial charge < -0.3 is 10.1 Å². The van der Waals surface area contributed by atoms with Crippen molar-refractivity contribution < 1.29 is 4.74 Å². The summed E-state index contributed by atoms with van der Waals surface area (Å²) in [6.45, 7) is 0. The minimum absolute atomic E-state index is 0.541. The van der Waals surface area contributed by atoms with Gasteiger partial charge in [0.15, 0.2) is 0 Å². The molecule has 0 aliphatic carbocycles. The summed E-state index contributed by atoms with van der Waals surface area (Å²) in [6.07, 6.45) is 5.73. The van der Waals surface area contributed by atoms with Gasteiger partial charge in [-0.15, -0.1) is 0 Å². The van der Waals surface area contributed by atoms with Crippen molar-refractivity contribution in [3.63, 3.8) is 0 Å². The number of methoxy groups -OCH3 is 1. The second-order valence-corrected chi connectivity index (χ2v) is 3.47. The first kappa shape index (κ1) is 6.62. The second kappa shape index (κ2) is 2.51. The lowest BCUT2D eigenvalue weighted by molar-refractivity contribution is 0.0601. The van der Waals surface area contributed by atoms with Crippen LogP contribution in [0.3, 0.4) is 0 Å². The van der Waals surface area contributed by atoms with Crippen molar-refractivity contribution in [1.29, 1.82) is 0 Å². The van der Waals surface area contributed by atoms with Gasteiger partial charge in [0.25, 0.3) is 0 Å². The molecular formula is C8H15NO. The first-order chi connectivity index (χ1) is 4.88. The summed E-state index contributed by atoms with van der Waals surface area (Å²) in [5.41, 5.74) is 0. The zero-order chi connectivity index (χ0) is 6.97. The van der Waals surface area contributed by atoms with E-state index in [0.29, 0.717) is 6.10 Å². The molecule has 2 bridgehead atoms.